The highest BCUT2D eigenvalue weighted by atomic mass is 35.5. The highest BCUT2D eigenvalue weighted by molar-refractivity contribution is 7.80. The van der Waals surface area contributed by atoms with Gasteiger partial charge in [0, 0.05) is 16.3 Å². The molecule has 0 aliphatic carbocycles. The summed E-state index contributed by atoms with van der Waals surface area (Å²) in [6.07, 6.45) is 1.62. The number of furan rings is 1. The molecule has 1 atom stereocenters. The lowest BCUT2D eigenvalue weighted by Gasteiger charge is -2.37. The molecule has 33 heavy (non-hydrogen) atoms. The summed E-state index contributed by atoms with van der Waals surface area (Å²) in [6, 6.07) is 16.9. The number of hydrogen-bond acceptors (Lipinski definition) is 5. The lowest BCUT2D eigenvalue weighted by atomic mass is 9.95. The van der Waals surface area contributed by atoms with E-state index in [1.165, 1.54) is 12.1 Å². The third kappa shape index (κ3) is 4.27. The molecule has 2 aromatic heterocycles. The Kier molecular flexibility index (Phi) is 5.70. The Morgan fingerprint density at radius 1 is 1.15 bits per heavy atom. The molecule has 2 aromatic carbocycles. The molecule has 0 saturated carbocycles. The summed E-state index contributed by atoms with van der Waals surface area (Å²) in [5.74, 6) is 0.993. The van der Waals surface area contributed by atoms with Crippen LogP contribution in [0.3, 0.4) is 0 Å². The maximum absolute atomic E-state index is 13.7. The fourth-order valence-electron chi connectivity index (χ4n) is 3.79. The van der Waals surface area contributed by atoms with Gasteiger partial charge in [0.2, 0.25) is 5.82 Å². The van der Waals surface area contributed by atoms with Crippen molar-refractivity contribution in [1.82, 2.24) is 20.4 Å². The van der Waals surface area contributed by atoms with Gasteiger partial charge in [0.05, 0.1) is 24.4 Å². The topological polar surface area (TPSA) is 67.3 Å². The molecule has 0 fully saturated rings. The third-order valence-electron chi connectivity index (χ3n) is 5.43. The van der Waals surface area contributed by atoms with Gasteiger partial charge >= 0.3 is 0 Å². The van der Waals surface area contributed by atoms with Crippen molar-refractivity contribution in [2.75, 3.05) is 0 Å². The first kappa shape index (κ1) is 21.4. The van der Waals surface area contributed by atoms with Crippen molar-refractivity contribution in [3.05, 3.63) is 101 Å². The van der Waals surface area contributed by atoms with Crippen LogP contribution in [0.25, 0.3) is 17.0 Å². The van der Waals surface area contributed by atoms with Crippen molar-refractivity contribution < 1.29 is 13.3 Å². The van der Waals surface area contributed by atoms with Crippen LogP contribution in [-0.2, 0) is 6.54 Å². The predicted octanol–water partition coefficient (Wildman–Crippen LogP) is 5.98. The first-order valence-corrected chi connectivity index (χ1v) is 10.9. The maximum Gasteiger partial charge on any atom is 0.258 e. The van der Waals surface area contributed by atoms with Gasteiger partial charge in [-0.15, -0.1) is 0 Å². The van der Waals surface area contributed by atoms with E-state index in [-0.39, 0.29) is 11.9 Å². The minimum Gasteiger partial charge on any atom is -0.467 e. The minimum absolute atomic E-state index is 0.297. The highest BCUT2D eigenvalue weighted by Crippen LogP contribution is 2.38. The molecule has 1 aliphatic rings. The molecular weight excluding hydrogens is 463 g/mol. The molecule has 6 nitrogen and oxygen atoms in total. The summed E-state index contributed by atoms with van der Waals surface area (Å²) in [5.41, 5.74) is 3.05. The molecule has 0 amide bonds. The van der Waals surface area contributed by atoms with Gasteiger partial charge in [-0.3, -0.25) is 0 Å². The fraction of sp³-hybridized carbons (Fsp3) is 0.125. The third-order valence-corrected chi connectivity index (χ3v) is 6.02. The summed E-state index contributed by atoms with van der Waals surface area (Å²) in [5, 5.41) is 8.64. The van der Waals surface area contributed by atoms with Gasteiger partial charge in [0.1, 0.15) is 11.6 Å². The smallest absolute Gasteiger partial charge is 0.258 e. The van der Waals surface area contributed by atoms with Crippen molar-refractivity contribution in [3.63, 3.8) is 0 Å². The van der Waals surface area contributed by atoms with Gasteiger partial charge in [0.15, 0.2) is 5.11 Å². The standard InChI is InChI=1S/C24H18ClFN4O2S/c1-14-20(23-28-22(29-32-23)16-4-2-5-18(26)12-16)21(15-7-9-17(25)10-8-15)27-24(33)30(14)13-19-6-3-11-31-19/h2-12,21H,13H2,1H3,(H,27,33). The number of hydrogen-bond donors (Lipinski definition) is 1. The van der Waals surface area contributed by atoms with Crippen molar-refractivity contribution in [2.45, 2.75) is 19.5 Å². The molecule has 0 radical (unpaired) electrons. The largest absolute Gasteiger partial charge is 0.467 e. The fourth-order valence-corrected chi connectivity index (χ4v) is 4.24. The van der Waals surface area contributed by atoms with Crippen LogP contribution in [0.5, 0.6) is 0 Å². The first-order valence-electron chi connectivity index (χ1n) is 10.2. The zero-order chi connectivity index (χ0) is 22.9. The van der Waals surface area contributed by atoms with E-state index in [0.29, 0.717) is 34.0 Å². The van der Waals surface area contributed by atoms with Gasteiger partial charge in [0.25, 0.3) is 5.89 Å². The number of halogens is 2. The van der Waals surface area contributed by atoms with Gasteiger partial charge in [-0.2, -0.15) is 4.98 Å². The van der Waals surface area contributed by atoms with Crippen molar-refractivity contribution in [3.8, 4) is 11.4 Å². The van der Waals surface area contributed by atoms with E-state index < -0.39 is 0 Å². The van der Waals surface area contributed by atoms with E-state index in [2.05, 4.69) is 15.5 Å². The summed E-state index contributed by atoms with van der Waals surface area (Å²) in [4.78, 5) is 6.50. The quantitative estimate of drug-likeness (QED) is 0.352. The van der Waals surface area contributed by atoms with E-state index >= 15 is 0 Å². The average molecular weight is 481 g/mol. The predicted molar refractivity (Wildman–Crippen MR) is 126 cm³/mol. The van der Waals surface area contributed by atoms with Crippen LogP contribution in [0, 0.1) is 5.82 Å². The average Bonchev–Trinajstić information content (AvgIpc) is 3.49. The van der Waals surface area contributed by atoms with Gasteiger partial charge in [-0.25, -0.2) is 4.39 Å². The van der Waals surface area contributed by atoms with E-state index in [1.54, 1.807) is 18.4 Å². The van der Waals surface area contributed by atoms with Crippen LogP contribution in [0.2, 0.25) is 5.02 Å². The SMILES string of the molecule is CC1=C(c2nc(-c3cccc(F)c3)no2)C(c2ccc(Cl)cc2)NC(=S)N1Cc1ccco1. The lowest BCUT2D eigenvalue weighted by molar-refractivity contribution is 0.382. The number of thiocarbonyl (C=S) groups is 1. The zero-order valence-electron chi connectivity index (χ0n) is 17.5. The van der Waals surface area contributed by atoms with Crippen LogP contribution in [-0.4, -0.2) is 20.2 Å². The Bertz CT molecular complexity index is 1330. The molecule has 0 bridgehead atoms. The van der Waals surface area contributed by atoms with Crippen molar-refractivity contribution >= 4 is 34.5 Å². The Balaban J connectivity index is 1.60. The maximum atomic E-state index is 13.7. The van der Waals surface area contributed by atoms with E-state index in [1.807, 2.05) is 48.2 Å². The monoisotopic (exact) mass is 480 g/mol. The number of aromatic nitrogens is 2. The summed E-state index contributed by atoms with van der Waals surface area (Å²) in [7, 11) is 0. The normalized spacial score (nSPS) is 16.3. The summed E-state index contributed by atoms with van der Waals surface area (Å²) < 4.78 is 24.9. The van der Waals surface area contributed by atoms with Crippen LogP contribution < -0.4 is 5.32 Å². The lowest BCUT2D eigenvalue weighted by Crippen LogP contribution is -2.45. The molecular formula is C24H18ClFN4O2S. The Morgan fingerprint density at radius 3 is 2.70 bits per heavy atom. The van der Waals surface area contributed by atoms with Crippen molar-refractivity contribution in [2.24, 2.45) is 0 Å². The molecule has 4 aromatic rings. The molecule has 3 heterocycles. The van der Waals surface area contributed by atoms with Crippen molar-refractivity contribution in [1.29, 1.82) is 0 Å². The second-order valence-corrected chi connectivity index (χ2v) is 8.36. The molecule has 1 N–H and O–H groups in total. The van der Waals surface area contributed by atoms with Gasteiger partial charge in [-0.1, -0.05) is 41.0 Å². The van der Waals surface area contributed by atoms with Gasteiger partial charge in [-0.05, 0) is 61.1 Å². The zero-order valence-corrected chi connectivity index (χ0v) is 19.0. The molecule has 1 unspecified atom stereocenters. The molecule has 1 aliphatic heterocycles. The number of benzene rings is 2. The van der Waals surface area contributed by atoms with E-state index in [9.17, 15) is 4.39 Å². The Hall–Kier alpha value is -3.49. The number of allylic oxidation sites excluding steroid dienone is 1. The number of rotatable bonds is 5. The second-order valence-electron chi connectivity index (χ2n) is 7.53. The van der Waals surface area contributed by atoms with Gasteiger partial charge < -0.3 is 19.2 Å². The summed E-state index contributed by atoms with van der Waals surface area (Å²) >= 11 is 11.8. The number of nitrogens with one attached hydrogen (secondary N) is 1. The molecule has 0 saturated heterocycles. The second kappa shape index (κ2) is 8.80. The Labute approximate surface area is 199 Å². The van der Waals surface area contributed by atoms with Crippen LogP contribution in [0.4, 0.5) is 4.39 Å². The number of nitrogens with zero attached hydrogens (tertiary/aromatic N) is 3. The van der Waals surface area contributed by atoms with Crippen LogP contribution in [0.1, 0.15) is 30.2 Å². The molecule has 0 spiro atoms. The van der Waals surface area contributed by atoms with Crippen LogP contribution >= 0.6 is 23.8 Å². The van der Waals surface area contributed by atoms with Crippen LogP contribution in [0.15, 0.2) is 81.6 Å². The molecule has 166 valence electrons. The minimum atomic E-state index is -0.373. The Morgan fingerprint density at radius 2 is 1.97 bits per heavy atom. The molecule has 9 heteroatoms. The molecule has 5 rings (SSSR count). The van der Waals surface area contributed by atoms with E-state index in [4.69, 9.17) is 32.8 Å². The summed E-state index contributed by atoms with van der Waals surface area (Å²) in [6.45, 7) is 2.38. The highest BCUT2D eigenvalue weighted by Gasteiger charge is 2.34. The first-order chi connectivity index (χ1) is 16.0. The van der Waals surface area contributed by atoms with E-state index in [0.717, 1.165) is 22.6 Å².